The summed E-state index contributed by atoms with van der Waals surface area (Å²) in [7, 11) is -1.98. The number of hydrogen-bond acceptors (Lipinski definition) is 3. The zero-order chi connectivity index (χ0) is 14.8. The molecule has 20 heavy (non-hydrogen) atoms. The molecule has 0 bridgehead atoms. The van der Waals surface area contributed by atoms with Crippen molar-refractivity contribution in [3.8, 4) is 6.07 Å². The summed E-state index contributed by atoms with van der Waals surface area (Å²) in [6.07, 6.45) is 3.18. The Morgan fingerprint density at radius 3 is 2.40 bits per heavy atom. The van der Waals surface area contributed by atoms with Crippen molar-refractivity contribution in [2.45, 2.75) is 11.8 Å². The van der Waals surface area contributed by atoms with E-state index >= 15 is 0 Å². The summed E-state index contributed by atoms with van der Waals surface area (Å²) < 4.78 is 26.6. The van der Waals surface area contributed by atoms with Gasteiger partial charge in [-0.1, -0.05) is 17.7 Å². The molecule has 0 unspecified atom stereocenters. The number of allylic oxidation sites excluding steroid dienone is 1. The maximum atomic E-state index is 12.4. The Kier molecular flexibility index (Phi) is 3.77. The highest BCUT2D eigenvalue weighted by atomic mass is 32.2. The Morgan fingerprint density at radius 1 is 1.25 bits per heavy atom. The van der Waals surface area contributed by atoms with Crippen molar-refractivity contribution in [3.63, 3.8) is 0 Å². The highest BCUT2D eigenvalue weighted by Gasteiger charge is 2.20. The van der Waals surface area contributed by atoms with Gasteiger partial charge >= 0.3 is 0 Å². The van der Waals surface area contributed by atoms with Crippen molar-refractivity contribution in [1.82, 2.24) is 4.57 Å². The molecule has 2 aromatic rings. The summed E-state index contributed by atoms with van der Waals surface area (Å²) in [6.45, 7) is 1.88. The van der Waals surface area contributed by atoms with Gasteiger partial charge in [-0.2, -0.15) is 5.26 Å². The number of nitrogens with zero attached hydrogens (tertiary/aromatic N) is 2. The summed E-state index contributed by atoms with van der Waals surface area (Å²) in [6, 6.07) is 11.8. The molecule has 4 nitrogen and oxygen atoms in total. The molecule has 1 aromatic carbocycles. The average Bonchev–Trinajstić information content (AvgIpc) is 2.81. The summed E-state index contributed by atoms with van der Waals surface area (Å²) in [5.74, 6) is 0. The fourth-order valence-electron chi connectivity index (χ4n) is 1.77. The van der Waals surface area contributed by atoms with Crippen molar-refractivity contribution >= 4 is 15.9 Å². The molecular formula is C15H14N2O2S. The standard InChI is InChI=1S/C15H14N2O2S/c1-12-5-7-14(8-6-12)20(18,19)15(11-16)10-13-4-3-9-17(13)2/h3-10H,1-2H3/b15-10+. The monoisotopic (exact) mass is 286 g/mol. The van der Waals surface area contributed by atoms with Gasteiger partial charge in [0.05, 0.1) is 4.90 Å². The van der Waals surface area contributed by atoms with Crippen LogP contribution < -0.4 is 0 Å². The molecular weight excluding hydrogens is 272 g/mol. The molecule has 2 rings (SSSR count). The second-order valence-electron chi connectivity index (χ2n) is 4.48. The van der Waals surface area contributed by atoms with Crippen LogP contribution in [-0.4, -0.2) is 13.0 Å². The summed E-state index contributed by atoms with van der Waals surface area (Å²) >= 11 is 0. The first-order chi connectivity index (χ1) is 9.45. The molecule has 1 heterocycles. The fourth-order valence-corrected chi connectivity index (χ4v) is 2.92. The summed E-state index contributed by atoms with van der Waals surface area (Å²) in [5, 5.41) is 9.16. The SMILES string of the molecule is Cc1ccc(S(=O)(=O)/C(C#N)=C/c2cccn2C)cc1. The van der Waals surface area contributed by atoms with Gasteiger partial charge in [0, 0.05) is 18.9 Å². The highest BCUT2D eigenvalue weighted by molar-refractivity contribution is 7.95. The van der Waals surface area contributed by atoms with Gasteiger partial charge in [0.25, 0.3) is 0 Å². The van der Waals surface area contributed by atoms with E-state index in [0.29, 0.717) is 5.69 Å². The van der Waals surface area contributed by atoms with E-state index in [1.54, 1.807) is 48.1 Å². The first kappa shape index (κ1) is 14.1. The molecule has 0 radical (unpaired) electrons. The highest BCUT2D eigenvalue weighted by Crippen LogP contribution is 2.21. The minimum atomic E-state index is -3.77. The minimum absolute atomic E-state index is 0.130. The molecule has 1 aromatic heterocycles. The van der Waals surface area contributed by atoms with E-state index in [0.717, 1.165) is 5.56 Å². The zero-order valence-electron chi connectivity index (χ0n) is 11.2. The third-order valence-electron chi connectivity index (χ3n) is 2.99. The Balaban J connectivity index is 2.52. The van der Waals surface area contributed by atoms with Gasteiger partial charge in [-0.25, -0.2) is 8.42 Å². The van der Waals surface area contributed by atoms with Crippen LogP contribution in [-0.2, 0) is 16.9 Å². The maximum Gasteiger partial charge on any atom is 0.216 e. The smallest absolute Gasteiger partial charge is 0.216 e. The van der Waals surface area contributed by atoms with Crippen LogP contribution >= 0.6 is 0 Å². The number of hydrogen-bond donors (Lipinski definition) is 0. The molecule has 0 amide bonds. The molecule has 0 aliphatic rings. The molecule has 0 atom stereocenters. The van der Waals surface area contributed by atoms with Crippen molar-refractivity contribution in [2.24, 2.45) is 7.05 Å². The molecule has 5 heteroatoms. The van der Waals surface area contributed by atoms with Crippen molar-refractivity contribution < 1.29 is 8.42 Å². The number of aromatic nitrogens is 1. The van der Waals surface area contributed by atoms with Crippen molar-refractivity contribution in [1.29, 1.82) is 5.26 Å². The Hall–Kier alpha value is -2.32. The lowest BCUT2D eigenvalue weighted by Crippen LogP contribution is -2.04. The van der Waals surface area contributed by atoms with Crippen LogP contribution in [0.2, 0.25) is 0 Å². The molecule has 0 saturated carbocycles. The third-order valence-corrected chi connectivity index (χ3v) is 4.67. The minimum Gasteiger partial charge on any atom is -0.351 e. The fraction of sp³-hybridized carbons (Fsp3) is 0.133. The van der Waals surface area contributed by atoms with Crippen LogP contribution in [0.3, 0.4) is 0 Å². The Bertz CT molecular complexity index is 791. The van der Waals surface area contributed by atoms with E-state index < -0.39 is 9.84 Å². The van der Waals surface area contributed by atoms with Crippen LogP contribution in [0.4, 0.5) is 0 Å². The van der Waals surface area contributed by atoms with Crippen LogP contribution in [0.5, 0.6) is 0 Å². The third kappa shape index (κ3) is 2.65. The van der Waals surface area contributed by atoms with E-state index in [-0.39, 0.29) is 9.80 Å². The van der Waals surface area contributed by atoms with E-state index in [4.69, 9.17) is 5.26 Å². The average molecular weight is 286 g/mol. The molecule has 0 fully saturated rings. The normalized spacial score (nSPS) is 12.2. The van der Waals surface area contributed by atoms with Crippen molar-refractivity contribution in [2.75, 3.05) is 0 Å². The molecule has 0 aliphatic carbocycles. The lowest BCUT2D eigenvalue weighted by Gasteiger charge is -2.04. The van der Waals surface area contributed by atoms with Crippen LogP contribution in [0, 0.1) is 18.3 Å². The van der Waals surface area contributed by atoms with E-state index in [2.05, 4.69) is 0 Å². The Morgan fingerprint density at radius 2 is 1.90 bits per heavy atom. The second kappa shape index (κ2) is 5.35. The first-order valence-electron chi connectivity index (χ1n) is 6.00. The lowest BCUT2D eigenvalue weighted by molar-refractivity contribution is 0.603. The number of aryl methyl sites for hydroxylation is 2. The van der Waals surface area contributed by atoms with Gasteiger partial charge in [-0.3, -0.25) is 0 Å². The molecule has 0 aliphatic heterocycles. The quantitative estimate of drug-likeness (QED) is 0.815. The van der Waals surface area contributed by atoms with Gasteiger partial charge in [0.15, 0.2) is 4.91 Å². The topological polar surface area (TPSA) is 62.9 Å². The number of sulfone groups is 1. The van der Waals surface area contributed by atoms with Crippen LogP contribution in [0.25, 0.3) is 6.08 Å². The second-order valence-corrected chi connectivity index (χ2v) is 6.40. The Labute approximate surface area is 118 Å². The number of nitriles is 1. The molecule has 0 saturated heterocycles. The first-order valence-corrected chi connectivity index (χ1v) is 7.48. The molecule has 0 N–H and O–H groups in total. The number of benzene rings is 1. The van der Waals surface area contributed by atoms with Crippen LogP contribution in [0.1, 0.15) is 11.3 Å². The summed E-state index contributed by atoms with van der Waals surface area (Å²) in [4.78, 5) is -0.131. The van der Waals surface area contributed by atoms with Crippen LogP contribution in [0.15, 0.2) is 52.4 Å². The van der Waals surface area contributed by atoms with Crippen molar-refractivity contribution in [3.05, 3.63) is 58.8 Å². The maximum absolute atomic E-state index is 12.4. The summed E-state index contributed by atoms with van der Waals surface area (Å²) in [5.41, 5.74) is 1.63. The predicted octanol–water partition coefficient (Wildman–Crippen LogP) is 2.67. The largest absolute Gasteiger partial charge is 0.351 e. The van der Waals surface area contributed by atoms with E-state index in [1.165, 1.54) is 18.2 Å². The van der Waals surface area contributed by atoms with Gasteiger partial charge in [-0.15, -0.1) is 0 Å². The lowest BCUT2D eigenvalue weighted by atomic mass is 10.2. The van der Waals surface area contributed by atoms with Gasteiger partial charge in [-0.05, 0) is 37.3 Å². The predicted molar refractivity (Wildman–Crippen MR) is 77.4 cm³/mol. The van der Waals surface area contributed by atoms with Gasteiger partial charge in [0.2, 0.25) is 9.84 Å². The van der Waals surface area contributed by atoms with E-state index in [9.17, 15) is 8.42 Å². The molecule has 0 spiro atoms. The zero-order valence-corrected chi connectivity index (χ0v) is 12.1. The number of rotatable bonds is 3. The van der Waals surface area contributed by atoms with Gasteiger partial charge in [0.1, 0.15) is 6.07 Å². The van der Waals surface area contributed by atoms with Gasteiger partial charge < -0.3 is 4.57 Å². The molecule has 102 valence electrons. The van der Waals surface area contributed by atoms with E-state index in [1.807, 2.05) is 6.92 Å².